The SMILES string of the molecule is CC(C)N(C)CCCNC(=O)c1sc2nnccc2c1N. The average molecular weight is 307 g/mol. The number of rotatable bonds is 6. The number of amides is 1. The highest BCUT2D eigenvalue weighted by molar-refractivity contribution is 7.21. The highest BCUT2D eigenvalue weighted by Crippen LogP contribution is 2.31. The van der Waals surface area contributed by atoms with Crippen LogP contribution >= 0.6 is 11.3 Å². The summed E-state index contributed by atoms with van der Waals surface area (Å²) in [7, 11) is 2.08. The highest BCUT2D eigenvalue weighted by atomic mass is 32.1. The van der Waals surface area contributed by atoms with Crippen molar-refractivity contribution < 1.29 is 4.79 Å². The molecule has 6 nitrogen and oxygen atoms in total. The summed E-state index contributed by atoms with van der Waals surface area (Å²) < 4.78 is 0. The predicted molar refractivity (Wildman–Crippen MR) is 86.5 cm³/mol. The lowest BCUT2D eigenvalue weighted by Gasteiger charge is -2.20. The fraction of sp³-hybridized carbons (Fsp3) is 0.500. The Morgan fingerprint density at radius 1 is 1.52 bits per heavy atom. The molecule has 0 radical (unpaired) electrons. The predicted octanol–water partition coefficient (Wildman–Crippen LogP) is 1.73. The van der Waals surface area contributed by atoms with Gasteiger partial charge in [0.15, 0.2) is 0 Å². The zero-order valence-electron chi connectivity index (χ0n) is 12.6. The molecule has 2 aromatic rings. The van der Waals surface area contributed by atoms with Crippen molar-refractivity contribution in [2.24, 2.45) is 0 Å². The lowest BCUT2D eigenvalue weighted by molar-refractivity contribution is 0.0956. The quantitative estimate of drug-likeness (QED) is 0.794. The van der Waals surface area contributed by atoms with Gasteiger partial charge < -0.3 is 16.0 Å². The molecule has 0 unspecified atom stereocenters. The largest absolute Gasteiger partial charge is 0.397 e. The van der Waals surface area contributed by atoms with E-state index in [1.54, 1.807) is 12.3 Å². The summed E-state index contributed by atoms with van der Waals surface area (Å²) in [5.41, 5.74) is 6.49. The molecule has 114 valence electrons. The Morgan fingerprint density at radius 2 is 2.29 bits per heavy atom. The molecule has 0 saturated carbocycles. The summed E-state index contributed by atoms with van der Waals surface area (Å²) in [4.78, 5) is 15.6. The van der Waals surface area contributed by atoms with E-state index in [9.17, 15) is 4.79 Å². The molecule has 21 heavy (non-hydrogen) atoms. The highest BCUT2D eigenvalue weighted by Gasteiger charge is 2.16. The standard InChI is InChI=1S/C14H21N5OS/c1-9(2)19(3)8-4-6-16-13(20)12-11(15)10-5-7-17-18-14(10)21-12/h5,7,9H,4,6,8,15H2,1-3H3,(H,16,20). The van der Waals surface area contributed by atoms with Crippen LogP contribution in [-0.4, -0.2) is 47.2 Å². The van der Waals surface area contributed by atoms with Crippen LogP contribution in [-0.2, 0) is 0 Å². The third-order valence-electron chi connectivity index (χ3n) is 3.48. The number of nitrogens with two attached hydrogens (primary N) is 1. The Kier molecular flexibility index (Phi) is 5.08. The Morgan fingerprint density at radius 3 is 2.95 bits per heavy atom. The summed E-state index contributed by atoms with van der Waals surface area (Å²) in [5.74, 6) is -0.136. The molecule has 0 aliphatic heterocycles. The fourth-order valence-electron chi connectivity index (χ4n) is 1.91. The Hall–Kier alpha value is -1.73. The number of carbonyl (C=O) groups is 1. The van der Waals surface area contributed by atoms with E-state index in [1.807, 2.05) is 0 Å². The van der Waals surface area contributed by atoms with Crippen LogP contribution in [0.2, 0.25) is 0 Å². The van der Waals surface area contributed by atoms with E-state index >= 15 is 0 Å². The van der Waals surface area contributed by atoms with E-state index in [2.05, 4.69) is 41.3 Å². The number of aromatic nitrogens is 2. The number of fused-ring (bicyclic) bond motifs is 1. The Balaban J connectivity index is 1.92. The first kappa shape index (κ1) is 15.7. The number of anilines is 1. The van der Waals surface area contributed by atoms with Gasteiger partial charge in [-0.15, -0.1) is 16.4 Å². The molecular weight excluding hydrogens is 286 g/mol. The first-order valence-electron chi connectivity index (χ1n) is 6.98. The Bertz CT molecular complexity index is 625. The molecule has 0 bridgehead atoms. The van der Waals surface area contributed by atoms with Crippen LogP contribution < -0.4 is 11.1 Å². The lowest BCUT2D eigenvalue weighted by Crippen LogP contribution is -2.31. The smallest absolute Gasteiger partial charge is 0.263 e. The number of thiophene rings is 1. The van der Waals surface area contributed by atoms with Gasteiger partial charge in [-0.3, -0.25) is 4.79 Å². The number of hydrogen-bond donors (Lipinski definition) is 2. The van der Waals surface area contributed by atoms with Crippen LogP contribution in [0.5, 0.6) is 0 Å². The molecule has 2 aromatic heterocycles. The molecule has 0 aromatic carbocycles. The minimum atomic E-state index is -0.136. The maximum Gasteiger partial charge on any atom is 0.263 e. The summed E-state index contributed by atoms with van der Waals surface area (Å²) >= 11 is 1.28. The zero-order chi connectivity index (χ0) is 15.4. The molecule has 0 atom stereocenters. The van der Waals surface area contributed by atoms with Gasteiger partial charge in [-0.1, -0.05) is 0 Å². The van der Waals surface area contributed by atoms with Crippen molar-refractivity contribution in [1.29, 1.82) is 0 Å². The van der Waals surface area contributed by atoms with Crippen molar-refractivity contribution in [3.63, 3.8) is 0 Å². The second-order valence-corrected chi connectivity index (χ2v) is 6.28. The first-order valence-corrected chi connectivity index (χ1v) is 7.80. The zero-order valence-corrected chi connectivity index (χ0v) is 13.4. The van der Waals surface area contributed by atoms with Crippen LogP contribution in [0.15, 0.2) is 12.3 Å². The van der Waals surface area contributed by atoms with Crippen LogP contribution in [0.4, 0.5) is 5.69 Å². The summed E-state index contributed by atoms with van der Waals surface area (Å²) in [6, 6.07) is 2.29. The van der Waals surface area contributed by atoms with Gasteiger partial charge in [-0.05, 0) is 39.9 Å². The summed E-state index contributed by atoms with van der Waals surface area (Å²) in [6.07, 6.45) is 2.49. The molecule has 0 fully saturated rings. The Labute approximate surface area is 128 Å². The van der Waals surface area contributed by atoms with Crippen LogP contribution in [0.25, 0.3) is 10.2 Å². The molecular formula is C14H21N5OS. The van der Waals surface area contributed by atoms with Gasteiger partial charge in [0.2, 0.25) is 0 Å². The second kappa shape index (κ2) is 6.82. The van der Waals surface area contributed by atoms with Crippen molar-refractivity contribution in [3.05, 3.63) is 17.1 Å². The van der Waals surface area contributed by atoms with Crippen LogP contribution in [0.3, 0.4) is 0 Å². The molecule has 2 heterocycles. The van der Waals surface area contributed by atoms with Gasteiger partial charge in [-0.25, -0.2) is 0 Å². The van der Waals surface area contributed by atoms with E-state index in [0.717, 1.165) is 18.4 Å². The molecule has 7 heteroatoms. The molecule has 0 aliphatic carbocycles. The monoisotopic (exact) mass is 307 g/mol. The van der Waals surface area contributed by atoms with Gasteiger partial charge in [0.1, 0.15) is 9.71 Å². The van der Waals surface area contributed by atoms with E-state index in [1.165, 1.54) is 11.3 Å². The molecule has 3 N–H and O–H groups in total. The van der Waals surface area contributed by atoms with Gasteiger partial charge in [-0.2, -0.15) is 5.10 Å². The third kappa shape index (κ3) is 3.68. The average Bonchev–Trinajstić information content (AvgIpc) is 2.81. The van der Waals surface area contributed by atoms with Gasteiger partial charge in [0.25, 0.3) is 5.91 Å². The van der Waals surface area contributed by atoms with Gasteiger partial charge in [0, 0.05) is 18.0 Å². The number of nitrogens with one attached hydrogen (secondary N) is 1. The lowest BCUT2D eigenvalue weighted by atomic mass is 10.2. The van der Waals surface area contributed by atoms with Gasteiger partial charge in [0.05, 0.1) is 11.9 Å². The van der Waals surface area contributed by atoms with Crippen molar-refractivity contribution in [2.75, 3.05) is 25.9 Å². The van der Waals surface area contributed by atoms with Crippen molar-refractivity contribution >= 4 is 33.1 Å². The van der Waals surface area contributed by atoms with E-state index in [-0.39, 0.29) is 5.91 Å². The van der Waals surface area contributed by atoms with Crippen molar-refractivity contribution in [2.45, 2.75) is 26.3 Å². The van der Waals surface area contributed by atoms with Crippen LogP contribution in [0, 0.1) is 0 Å². The van der Waals surface area contributed by atoms with E-state index in [0.29, 0.717) is 28.0 Å². The van der Waals surface area contributed by atoms with Crippen molar-refractivity contribution in [1.82, 2.24) is 20.4 Å². The summed E-state index contributed by atoms with van der Waals surface area (Å²) in [5, 5.41) is 11.5. The molecule has 1 amide bonds. The normalized spacial score (nSPS) is 11.5. The van der Waals surface area contributed by atoms with Crippen LogP contribution in [0.1, 0.15) is 29.9 Å². The minimum absolute atomic E-state index is 0.136. The number of nitrogen functional groups attached to an aromatic ring is 1. The fourth-order valence-corrected chi connectivity index (χ4v) is 2.86. The van der Waals surface area contributed by atoms with E-state index < -0.39 is 0 Å². The number of carbonyl (C=O) groups excluding carboxylic acids is 1. The number of hydrogen-bond acceptors (Lipinski definition) is 6. The second-order valence-electron chi connectivity index (χ2n) is 5.28. The van der Waals surface area contributed by atoms with Gasteiger partial charge >= 0.3 is 0 Å². The maximum atomic E-state index is 12.2. The summed E-state index contributed by atoms with van der Waals surface area (Å²) in [6.45, 7) is 5.88. The van der Waals surface area contributed by atoms with E-state index in [4.69, 9.17) is 5.73 Å². The molecule has 0 spiro atoms. The van der Waals surface area contributed by atoms with Crippen molar-refractivity contribution in [3.8, 4) is 0 Å². The first-order chi connectivity index (χ1) is 10.0. The molecule has 2 rings (SSSR count). The molecule has 0 aliphatic rings. The minimum Gasteiger partial charge on any atom is -0.397 e. The number of nitrogens with zero attached hydrogens (tertiary/aromatic N) is 3. The third-order valence-corrected chi connectivity index (χ3v) is 4.59. The maximum absolute atomic E-state index is 12.2. The molecule has 0 saturated heterocycles. The topological polar surface area (TPSA) is 84.1 Å².